The van der Waals surface area contributed by atoms with Crippen LogP contribution in [0.4, 0.5) is 0 Å². The van der Waals surface area contributed by atoms with E-state index in [4.69, 9.17) is 0 Å². The zero-order chi connectivity index (χ0) is 12.1. The average molecular weight is 245 g/mol. The normalized spacial score (nSPS) is 11.0. The molecule has 2 nitrogen and oxygen atoms in total. The lowest BCUT2D eigenvalue weighted by molar-refractivity contribution is 0.756. The van der Waals surface area contributed by atoms with Crippen LogP contribution in [0.5, 0.6) is 0 Å². The van der Waals surface area contributed by atoms with Gasteiger partial charge in [0.1, 0.15) is 5.82 Å². The summed E-state index contributed by atoms with van der Waals surface area (Å²) in [7, 11) is 0. The van der Waals surface area contributed by atoms with E-state index >= 15 is 0 Å². The molecular formula is C14H17N2S. The molecule has 1 unspecified atom stereocenters. The van der Waals surface area contributed by atoms with Crippen molar-refractivity contribution in [3.05, 3.63) is 61.0 Å². The molecule has 0 bridgehead atoms. The SMILES string of the molecule is [CH2]C(C)SCc1nccn1Cc1ccccc1. The Kier molecular flexibility index (Phi) is 4.26. The first-order chi connectivity index (χ1) is 8.25. The van der Waals surface area contributed by atoms with Crippen molar-refractivity contribution in [3.8, 4) is 0 Å². The number of nitrogens with zero attached hydrogens (tertiary/aromatic N) is 2. The Morgan fingerprint density at radius 1 is 1.35 bits per heavy atom. The first-order valence-electron chi connectivity index (χ1n) is 5.74. The van der Waals surface area contributed by atoms with Gasteiger partial charge in [-0.2, -0.15) is 11.8 Å². The van der Waals surface area contributed by atoms with Crippen LogP contribution in [0.3, 0.4) is 0 Å². The van der Waals surface area contributed by atoms with Gasteiger partial charge in [-0.3, -0.25) is 0 Å². The molecular weight excluding hydrogens is 228 g/mol. The fourth-order valence-corrected chi connectivity index (χ4v) is 2.30. The van der Waals surface area contributed by atoms with Crippen LogP contribution in [-0.4, -0.2) is 14.8 Å². The van der Waals surface area contributed by atoms with E-state index in [2.05, 4.69) is 47.7 Å². The molecule has 1 aromatic carbocycles. The topological polar surface area (TPSA) is 17.8 Å². The molecule has 1 radical (unpaired) electrons. The van der Waals surface area contributed by atoms with E-state index in [9.17, 15) is 0 Å². The Hall–Kier alpha value is -1.22. The van der Waals surface area contributed by atoms with E-state index in [1.807, 2.05) is 30.2 Å². The van der Waals surface area contributed by atoms with Crippen molar-refractivity contribution >= 4 is 11.8 Å². The molecule has 0 aliphatic heterocycles. The van der Waals surface area contributed by atoms with Gasteiger partial charge in [-0.25, -0.2) is 4.98 Å². The van der Waals surface area contributed by atoms with E-state index in [0.29, 0.717) is 5.25 Å². The predicted molar refractivity (Wildman–Crippen MR) is 73.9 cm³/mol. The average Bonchev–Trinajstić information content (AvgIpc) is 2.75. The summed E-state index contributed by atoms with van der Waals surface area (Å²) in [5.74, 6) is 2.04. The predicted octanol–water partition coefficient (Wildman–Crippen LogP) is 3.39. The van der Waals surface area contributed by atoms with Gasteiger partial charge in [-0.15, -0.1) is 0 Å². The molecule has 1 heterocycles. The summed E-state index contributed by atoms with van der Waals surface area (Å²) < 4.78 is 2.20. The van der Waals surface area contributed by atoms with Crippen LogP contribution >= 0.6 is 11.8 Å². The minimum absolute atomic E-state index is 0.400. The van der Waals surface area contributed by atoms with Crippen LogP contribution in [0, 0.1) is 6.92 Å². The maximum Gasteiger partial charge on any atom is 0.118 e. The van der Waals surface area contributed by atoms with Crippen molar-refractivity contribution in [3.63, 3.8) is 0 Å². The van der Waals surface area contributed by atoms with Gasteiger partial charge in [0.15, 0.2) is 0 Å². The van der Waals surface area contributed by atoms with Crippen LogP contribution < -0.4 is 0 Å². The van der Waals surface area contributed by atoms with Crippen molar-refractivity contribution in [1.29, 1.82) is 0 Å². The Morgan fingerprint density at radius 3 is 2.82 bits per heavy atom. The van der Waals surface area contributed by atoms with E-state index in [0.717, 1.165) is 18.1 Å². The molecule has 2 rings (SSSR count). The van der Waals surface area contributed by atoms with Crippen molar-refractivity contribution in [2.45, 2.75) is 24.5 Å². The molecule has 2 aromatic rings. The van der Waals surface area contributed by atoms with Crippen molar-refractivity contribution in [2.24, 2.45) is 0 Å². The van der Waals surface area contributed by atoms with Crippen molar-refractivity contribution < 1.29 is 0 Å². The Morgan fingerprint density at radius 2 is 2.12 bits per heavy atom. The highest BCUT2D eigenvalue weighted by atomic mass is 32.2. The highest BCUT2D eigenvalue weighted by Crippen LogP contribution is 2.16. The lowest BCUT2D eigenvalue weighted by Crippen LogP contribution is -2.04. The molecule has 89 valence electrons. The number of aromatic nitrogens is 2. The zero-order valence-electron chi connectivity index (χ0n) is 10.0. The van der Waals surface area contributed by atoms with E-state index in [1.54, 1.807) is 0 Å². The number of imidazole rings is 1. The fraction of sp³-hybridized carbons (Fsp3) is 0.286. The summed E-state index contributed by atoms with van der Waals surface area (Å²) in [5.41, 5.74) is 1.31. The molecule has 0 saturated carbocycles. The summed E-state index contributed by atoms with van der Waals surface area (Å²) in [5, 5.41) is 0.400. The molecule has 0 aliphatic rings. The second-order valence-corrected chi connectivity index (χ2v) is 5.51. The number of thioether (sulfide) groups is 1. The first-order valence-corrected chi connectivity index (χ1v) is 6.79. The Bertz CT molecular complexity index is 448. The van der Waals surface area contributed by atoms with Gasteiger partial charge >= 0.3 is 0 Å². The second-order valence-electron chi connectivity index (χ2n) is 4.08. The third-order valence-corrected chi connectivity index (χ3v) is 3.49. The third-order valence-electron chi connectivity index (χ3n) is 2.49. The van der Waals surface area contributed by atoms with Gasteiger partial charge < -0.3 is 4.57 Å². The van der Waals surface area contributed by atoms with E-state index < -0.39 is 0 Å². The fourth-order valence-electron chi connectivity index (χ4n) is 1.62. The summed E-state index contributed by atoms with van der Waals surface area (Å²) >= 11 is 1.82. The van der Waals surface area contributed by atoms with Gasteiger partial charge in [0.25, 0.3) is 0 Å². The van der Waals surface area contributed by atoms with Gasteiger partial charge in [-0.05, 0) is 12.5 Å². The van der Waals surface area contributed by atoms with Gasteiger partial charge in [0.2, 0.25) is 0 Å². The van der Waals surface area contributed by atoms with Gasteiger partial charge in [0.05, 0.1) is 5.75 Å². The highest BCUT2D eigenvalue weighted by Gasteiger charge is 2.04. The smallest absolute Gasteiger partial charge is 0.118 e. The minimum Gasteiger partial charge on any atom is -0.330 e. The van der Waals surface area contributed by atoms with Crippen molar-refractivity contribution in [1.82, 2.24) is 9.55 Å². The molecule has 17 heavy (non-hydrogen) atoms. The third kappa shape index (κ3) is 3.63. The van der Waals surface area contributed by atoms with Crippen molar-refractivity contribution in [2.75, 3.05) is 0 Å². The Balaban J connectivity index is 2.04. The summed E-state index contributed by atoms with van der Waals surface area (Å²) in [6.45, 7) is 6.97. The summed E-state index contributed by atoms with van der Waals surface area (Å²) in [6.07, 6.45) is 3.91. The van der Waals surface area contributed by atoms with E-state index in [1.165, 1.54) is 5.56 Å². The number of hydrogen-bond donors (Lipinski definition) is 0. The lowest BCUT2D eigenvalue weighted by atomic mass is 10.2. The minimum atomic E-state index is 0.400. The van der Waals surface area contributed by atoms with Crippen LogP contribution in [-0.2, 0) is 12.3 Å². The first kappa shape index (κ1) is 12.2. The highest BCUT2D eigenvalue weighted by molar-refractivity contribution is 7.99. The standard InChI is InChI=1S/C14H17N2S/c1-12(2)17-11-14-15-8-9-16(14)10-13-6-4-3-5-7-13/h3-9,12H,1,10-11H2,2H3. The second kappa shape index (κ2) is 5.92. The van der Waals surface area contributed by atoms with Gasteiger partial charge in [0, 0.05) is 24.2 Å². The summed E-state index contributed by atoms with van der Waals surface area (Å²) in [6, 6.07) is 10.5. The van der Waals surface area contributed by atoms with Crippen LogP contribution in [0.25, 0.3) is 0 Å². The maximum absolute atomic E-state index is 4.40. The lowest BCUT2D eigenvalue weighted by Gasteiger charge is -2.09. The molecule has 0 saturated heterocycles. The molecule has 1 atom stereocenters. The zero-order valence-corrected chi connectivity index (χ0v) is 10.9. The molecule has 3 heteroatoms. The molecule has 0 spiro atoms. The number of benzene rings is 1. The monoisotopic (exact) mass is 245 g/mol. The van der Waals surface area contributed by atoms with Crippen LogP contribution in [0.15, 0.2) is 42.7 Å². The maximum atomic E-state index is 4.40. The summed E-state index contributed by atoms with van der Waals surface area (Å²) in [4.78, 5) is 4.40. The van der Waals surface area contributed by atoms with E-state index in [-0.39, 0.29) is 0 Å². The molecule has 0 aliphatic carbocycles. The largest absolute Gasteiger partial charge is 0.330 e. The molecule has 1 aromatic heterocycles. The molecule has 0 N–H and O–H groups in total. The molecule has 0 fully saturated rings. The van der Waals surface area contributed by atoms with Gasteiger partial charge in [-0.1, -0.05) is 37.3 Å². The number of hydrogen-bond acceptors (Lipinski definition) is 2. The number of rotatable bonds is 5. The quantitative estimate of drug-likeness (QED) is 0.803. The molecule has 0 amide bonds. The van der Waals surface area contributed by atoms with Crippen LogP contribution in [0.2, 0.25) is 0 Å². The van der Waals surface area contributed by atoms with Crippen LogP contribution in [0.1, 0.15) is 18.3 Å². The Labute approximate surface area is 107 Å².